The van der Waals surface area contributed by atoms with E-state index in [9.17, 15) is 16.8 Å². The van der Waals surface area contributed by atoms with Crippen molar-refractivity contribution in [3.05, 3.63) is 0 Å². The van der Waals surface area contributed by atoms with E-state index in [4.69, 9.17) is 4.18 Å². The van der Waals surface area contributed by atoms with Crippen molar-refractivity contribution in [1.82, 2.24) is 4.31 Å². The van der Waals surface area contributed by atoms with Gasteiger partial charge in [-0.25, -0.2) is 8.42 Å². The highest BCUT2D eigenvalue weighted by atomic mass is 32.2. The maximum Gasteiger partial charge on any atom is 0.264 e. The van der Waals surface area contributed by atoms with Gasteiger partial charge in [0.15, 0.2) is 0 Å². The van der Waals surface area contributed by atoms with Crippen LogP contribution in [-0.2, 0) is 24.3 Å². The zero-order valence-corrected chi connectivity index (χ0v) is 10.3. The smallest absolute Gasteiger partial charge is 0.264 e. The Labute approximate surface area is 90.4 Å². The van der Waals surface area contributed by atoms with Crippen LogP contribution in [0.4, 0.5) is 0 Å². The van der Waals surface area contributed by atoms with E-state index in [1.807, 2.05) is 0 Å². The van der Waals surface area contributed by atoms with E-state index >= 15 is 0 Å². The first-order chi connectivity index (χ1) is 6.68. The fourth-order valence-electron chi connectivity index (χ4n) is 1.53. The monoisotopic (exact) mass is 257 g/mol. The lowest BCUT2D eigenvalue weighted by Crippen LogP contribution is -2.43. The van der Waals surface area contributed by atoms with Gasteiger partial charge >= 0.3 is 0 Å². The minimum Gasteiger partial charge on any atom is -0.266 e. The van der Waals surface area contributed by atoms with Crippen molar-refractivity contribution >= 4 is 20.1 Å². The molecule has 0 radical (unpaired) electrons. The number of hydrogen-bond donors (Lipinski definition) is 0. The molecule has 0 bridgehead atoms. The molecule has 0 saturated carbocycles. The van der Waals surface area contributed by atoms with Crippen LogP contribution in [0.3, 0.4) is 0 Å². The predicted octanol–water partition coefficient (Wildman–Crippen LogP) is -0.613. The van der Waals surface area contributed by atoms with Gasteiger partial charge in [0.25, 0.3) is 10.1 Å². The first-order valence-corrected chi connectivity index (χ1v) is 8.18. The maximum atomic E-state index is 11.2. The standard InChI is InChI=1S/C7H15NO5S2/c1-14(9,10)8-5-3-4-7(6-8)13-15(2,11)12/h7H,3-6H2,1-2H3/t7-/m1/s1. The summed E-state index contributed by atoms with van der Waals surface area (Å²) in [5.41, 5.74) is 0. The summed E-state index contributed by atoms with van der Waals surface area (Å²) in [6.45, 7) is 0.550. The van der Waals surface area contributed by atoms with Crippen LogP contribution in [0.5, 0.6) is 0 Å². The van der Waals surface area contributed by atoms with Crippen LogP contribution >= 0.6 is 0 Å². The third-order valence-electron chi connectivity index (χ3n) is 2.12. The molecule has 1 aliphatic heterocycles. The molecule has 0 aromatic rings. The van der Waals surface area contributed by atoms with Gasteiger partial charge in [0.2, 0.25) is 10.0 Å². The Morgan fingerprint density at radius 2 is 1.80 bits per heavy atom. The molecule has 0 aliphatic carbocycles. The molecule has 0 N–H and O–H groups in total. The fourth-order valence-corrected chi connectivity index (χ4v) is 3.08. The van der Waals surface area contributed by atoms with Gasteiger partial charge in [-0.3, -0.25) is 4.18 Å². The van der Waals surface area contributed by atoms with E-state index in [0.29, 0.717) is 19.4 Å². The second-order valence-corrected chi connectivity index (χ2v) is 7.27. The summed E-state index contributed by atoms with van der Waals surface area (Å²) >= 11 is 0. The normalized spacial score (nSPS) is 25.3. The first-order valence-electron chi connectivity index (χ1n) is 4.52. The lowest BCUT2D eigenvalue weighted by atomic mass is 10.1. The number of rotatable bonds is 3. The largest absolute Gasteiger partial charge is 0.266 e. The summed E-state index contributed by atoms with van der Waals surface area (Å²) in [7, 11) is -6.77. The zero-order chi connectivity index (χ0) is 11.7. The van der Waals surface area contributed by atoms with Gasteiger partial charge in [-0.15, -0.1) is 0 Å². The Morgan fingerprint density at radius 1 is 1.20 bits per heavy atom. The van der Waals surface area contributed by atoms with E-state index < -0.39 is 26.2 Å². The van der Waals surface area contributed by atoms with E-state index in [0.717, 1.165) is 12.5 Å². The van der Waals surface area contributed by atoms with Gasteiger partial charge in [-0.2, -0.15) is 12.7 Å². The molecule has 1 atom stereocenters. The summed E-state index contributed by atoms with van der Waals surface area (Å²) in [5.74, 6) is 0. The second kappa shape index (κ2) is 4.36. The molecule has 1 fully saturated rings. The Kier molecular flexibility index (Phi) is 3.75. The second-order valence-electron chi connectivity index (χ2n) is 3.69. The van der Waals surface area contributed by atoms with Gasteiger partial charge in [0, 0.05) is 13.1 Å². The quantitative estimate of drug-likeness (QED) is 0.630. The van der Waals surface area contributed by atoms with Gasteiger partial charge < -0.3 is 0 Å². The van der Waals surface area contributed by atoms with Crippen molar-refractivity contribution in [3.63, 3.8) is 0 Å². The molecule has 0 unspecified atom stereocenters. The fraction of sp³-hybridized carbons (Fsp3) is 1.00. The molecule has 6 nitrogen and oxygen atoms in total. The lowest BCUT2D eigenvalue weighted by molar-refractivity contribution is 0.137. The van der Waals surface area contributed by atoms with Crippen molar-refractivity contribution in [2.75, 3.05) is 25.6 Å². The molecule has 0 amide bonds. The number of hydrogen-bond acceptors (Lipinski definition) is 5. The van der Waals surface area contributed by atoms with Crippen LogP contribution in [-0.4, -0.2) is 52.8 Å². The topological polar surface area (TPSA) is 80.8 Å². The summed E-state index contributed by atoms with van der Waals surface area (Å²) in [4.78, 5) is 0. The number of piperidine rings is 1. The number of nitrogens with zero attached hydrogens (tertiary/aromatic N) is 1. The van der Waals surface area contributed by atoms with Crippen LogP contribution in [0, 0.1) is 0 Å². The first kappa shape index (κ1) is 12.9. The minimum absolute atomic E-state index is 0.117. The molecule has 0 aromatic carbocycles. The summed E-state index contributed by atoms with van der Waals surface area (Å²) in [5, 5.41) is 0. The van der Waals surface area contributed by atoms with Crippen molar-refractivity contribution < 1.29 is 21.0 Å². The van der Waals surface area contributed by atoms with E-state index in [1.54, 1.807) is 0 Å². The van der Waals surface area contributed by atoms with Gasteiger partial charge in [-0.05, 0) is 12.8 Å². The zero-order valence-electron chi connectivity index (χ0n) is 8.71. The molecule has 1 aliphatic rings. The summed E-state index contributed by atoms with van der Waals surface area (Å²) in [6, 6.07) is 0. The molecule has 15 heavy (non-hydrogen) atoms. The van der Waals surface area contributed by atoms with Crippen molar-refractivity contribution in [3.8, 4) is 0 Å². The minimum atomic E-state index is -3.51. The third-order valence-corrected chi connectivity index (χ3v) is 4.01. The Morgan fingerprint density at radius 3 is 2.27 bits per heavy atom. The molecule has 0 spiro atoms. The Balaban J connectivity index is 2.65. The average molecular weight is 257 g/mol. The Bertz CT molecular complexity index is 413. The molecule has 0 aromatic heterocycles. The molecule has 1 heterocycles. The highest BCUT2D eigenvalue weighted by Crippen LogP contribution is 2.16. The van der Waals surface area contributed by atoms with Gasteiger partial charge in [0.1, 0.15) is 0 Å². The van der Waals surface area contributed by atoms with E-state index in [-0.39, 0.29) is 6.54 Å². The van der Waals surface area contributed by atoms with Crippen molar-refractivity contribution in [1.29, 1.82) is 0 Å². The van der Waals surface area contributed by atoms with Crippen molar-refractivity contribution in [2.24, 2.45) is 0 Å². The maximum absolute atomic E-state index is 11.2. The molecular weight excluding hydrogens is 242 g/mol. The number of sulfonamides is 1. The van der Waals surface area contributed by atoms with Crippen LogP contribution in [0.2, 0.25) is 0 Å². The predicted molar refractivity (Wildman–Crippen MR) is 55.4 cm³/mol. The van der Waals surface area contributed by atoms with Crippen LogP contribution in [0.1, 0.15) is 12.8 Å². The average Bonchev–Trinajstić information content (AvgIpc) is 1.99. The Hall–Kier alpha value is -0.180. The molecular formula is C7H15NO5S2. The van der Waals surface area contributed by atoms with E-state index in [1.165, 1.54) is 4.31 Å². The van der Waals surface area contributed by atoms with Crippen LogP contribution in [0.15, 0.2) is 0 Å². The molecule has 8 heteroatoms. The molecule has 1 rings (SSSR count). The highest BCUT2D eigenvalue weighted by molar-refractivity contribution is 7.88. The highest BCUT2D eigenvalue weighted by Gasteiger charge is 2.28. The van der Waals surface area contributed by atoms with Gasteiger partial charge in [0.05, 0.1) is 18.6 Å². The summed E-state index contributed by atoms with van der Waals surface area (Å²) < 4.78 is 50.2. The summed E-state index contributed by atoms with van der Waals surface area (Å²) in [6.07, 6.45) is 2.71. The van der Waals surface area contributed by atoms with Gasteiger partial charge in [-0.1, -0.05) is 0 Å². The third kappa shape index (κ3) is 4.45. The SMILES string of the molecule is CS(=O)(=O)O[C@@H]1CCCN(S(C)(=O)=O)C1. The van der Waals surface area contributed by atoms with E-state index in [2.05, 4.69) is 0 Å². The molecule has 1 saturated heterocycles. The van der Waals surface area contributed by atoms with Crippen molar-refractivity contribution in [2.45, 2.75) is 18.9 Å². The lowest BCUT2D eigenvalue weighted by Gasteiger charge is -2.29. The molecule has 90 valence electrons. The van der Waals surface area contributed by atoms with Crippen LogP contribution in [0.25, 0.3) is 0 Å². The van der Waals surface area contributed by atoms with Crippen LogP contribution < -0.4 is 0 Å².